The number of carbonyl (C=O) groups excluding carboxylic acids is 1. The number of carbonyl (C=O) groups is 1. The highest BCUT2D eigenvalue weighted by atomic mass is 16.5. The fourth-order valence-electron chi connectivity index (χ4n) is 3.30. The summed E-state index contributed by atoms with van der Waals surface area (Å²) in [4.78, 5) is 14.2. The number of likely N-dealkylation sites (tertiary alicyclic amines) is 1. The van der Waals surface area contributed by atoms with Crippen molar-refractivity contribution >= 4 is 5.97 Å². The molecule has 0 N–H and O–H groups in total. The standard InChI is InChI=1S/C21H33NO3/c1-3-4-5-6-10-21(23)25-20-13-11-19(12-14-20)24-17-15-18-9-7-8-16-22(18)2/h11-14,18H,3-10,15-17H2,1-2H3. The SMILES string of the molecule is CCCCCCC(=O)Oc1ccc(OCCC2CCCCN2C)cc1. The zero-order valence-electron chi connectivity index (χ0n) is 15.8. The fraction of sp³-hybridized carbons (Fsp3) is 0.667. The Morgan fingerprint density at radius 2 is 1.88 bits per heavy atom. The van der Waals surface area contributed by atoms with Crippen molar-refractivity contribution in [2.75, 3.05) is 20.2 Å². The molecule has 25 heavy (non-hydrogen) atoms. The van der Waals surface area contributed by atoms with Gasteiger partial charge in [0.1, 0.15) is 11.5 Å². The third-order valence-electron chi connectivity index (χ3n) is 4.93. The second-order valence-electron chi connectivity index (χ2n) is 7.02. The molecule has 0 spiro atoms. The molecule has 0 saturated carbocycles. The van der Waals surface area contributed by atoms with E-state index in [1.54, 1.807) is 0 Å². The first-order chi connectivity index (χ1) is 12.2. The van der Waals surface area contributed by atoms with Crippen LogP contribution in [0, 0.1) is 0 Å². The van der Waals surface area contributed by atoms with Crippen LogP contribution in [-0.4, -0.2) is 37.1 Å². The molecule has 1 aromatic carbocycles. The first-order valence-corrected chi connectivity index (χ1v) is 9.83. The molecule has 0 aromatic heterocycles. The summed E-state index contributed by atoms with van der Waals surface area (Å²) in [7, 11) is 2.20. The molecule has 1 aromatic rings. The van der Waals surface area contributed by atoms with E-state index >= 15 is 0 Å². The van der Waals surface area contributed by atoms with Crippen LogP contribution in [0.5, 0.6) is 11.5 Å². The number of piperidine rings is 1. The summed E-state index contributed by atoms with van der Waals surface area (Å²) in [6.45, 7) is 4.09. The van der Waals surface area contributed by atoms with Crippen molar-refractivity contribution in [1.29, 1.82) is 0 Å². The lowest BCUT2D eigenvalue weighted by Gasteiger charge is -2.32. The highest BCUT2D eigenvalue weighted by molar-refractivity contribution is 5.72. The molecule has 1 aliphatic rings. The second kappa shape index (κ2) is 11.1. The van der Waals surface area contributed by atoms with Gasteiger partial charge in [-0.1, -0.05) is 32.6 Å². The van der Waals surface area contributed by atoms with Gasteiger partial charge in [0, 0.05) is 12.5 Å². The van der Waals surface area contributed by atoms with E-state index in [-0.39, 0.29) is 5.97 Å². The van der Waals surface area contributed by atoms with Crippen LogP contribution in [0.3, 0.4) is 0 Å². The van der Waals surface area contributed by atoms with Crippen molar-refractivity contribution < 1.29 is 14.3 Å². The fourth-order valence-corrected chi connectivity index (χ4v) is 3.30. The van der Waals surface area contributed by atoms with Crippen LogP contribution in [0.2, 0.25) is 0 Å². The van der Waals surface area contributed by atoms with Crippen LogP contribution in [-0.2, 0) is 4.79 Å². The molecule has 1 aliphatic heterocycles. The molecule has 140 valence electrons. The number of rotatable bonds is 10. The Bertz CT molecular complexity index is 500. The van der Waals surface area contributed by atoms with Crippen molar-refractivity contribution in [3.63, 3.8) is 0 Å². The molecule has 1 atom stereocenters. The summed E-state index contributed by atoms with van der Waals surface area (Å²) in [5, 5.41) is 0. The summed E-state index contributed by atoms with van der Waals surface area (Å²) >= 11 is 0. The van der Waals surface area contributed by atoms with Gasteiger partial charge in [0.2, 0.25) is 0 Å². The van der Waals surface area contributed by atoms with E-state index in [4.69, 9.17) is 9.47 Å². The molecule has 1 heterocycles. The minimum atomic E-state index is -0.148. The van der Waals surface area contributed by atoms with E-state index in [2.05, 4.69) is 18.9 Å². The second-order valence-corrected chi connectivity index (χ2v) is 7.02. The van der Waals surface area contributed by atoms with Crippen LogP contribution in [0.1, 0.15) is 64.7 Å². The number of nitrogens with zero attached hydrogens (tertiary/aromatic N) is 1. The summed E-state index contributed by atoms with van der Waals surface area (Å²) in [6, 6.07) is 8.02. The summed E-state index contributed by atoms with van der Waals surface area (Å²) in [5.41, 5.74) is 0. The zero-order valence-corrected chi connectivity index (χ0v) is 15.8. The smallest absolute Gasteiger partial charge is 0.311 e. The molecule has 1 fully saturated rings. The molecule has 1 unspecified atom stereocenters. The Kier molecular flexibility index (Phi) is 8.81. The van der Waals surface area contributed by atoms with Crippen molar-refractivity contribution in [2.45, 2.75) is 70.8 Å². The quantitative estimate of drug-likeness (QED) is 0.346. The number of ether oxygens (including phenoxy) is 2. The lowest BCUT2D eigenvalue weighted by atomic mass is 10.0. The minimum absolute atomic E-state index is 0.148. The van der Waals surface area contributed by atoms with Crippen LogP contribution in [0.25, 0.3) is 0 Å². The maximum Gasteiger partial charge on any atom is 0.311 e. The van der Waals surface area contributed by atoms with Crippen LogP contribution in [0.4, 0.5) is 0 Å². The number of unbranched alkanes of at least 4 members (excludes halogenated alkanes) is 3. The highest BCUT2D eigenvalue weighted by Crippen LogP contribution is 2.21. The van der Waals surface area contributed by atoms with E-state index < -0.39 is 0 Å². The summed E-state index contributed by atoms with van der Waals surface area (Å²) < 4.78 is 11.2. The zero-order chi connectivity index (χ0) is 17.9. The number of benzene rings is 1. The Balaban J connectivity index is 1.66. The van der Waals surface area contributed by atoms with Gasteiger partial charge >= 0.3 is 5.97 Å². The van der Waals surface area contributed by atoms with E-state index in [9.17, 15) is 4.79 Å². The van der Waals surface area contributed by atoms with Crippen molar-refractivity contribution in [1.82, 2.24) is 4.90 Å². The Morgan fingerprint density at radius 1 is 1.12 bits per heavy atom. The van der Waals surface area contributed by atoms with Gasteiger partial charge in [-0.05, 0) is 63.5 Å². The summed E-state index contributed by atoms with van der Waals surface area (Å²) in [5.74, 6) is 1.28. The molecule has 0 bridgehead atoms. The van der Waals surface area contributed by atoms with E-state index in [0.717, 1.165) is 31.6 Å². The van der Waals surface area contributed by atoms with Crippen molar-refractivity contribution in [2.24, 2.45) is 0 Å². The van der Waals surface area contributed by atoms with Crippen LogP contribution in [0.15, 0.2) is 24.3 Å². The van der Waals surface area contributed by atoms with Gasteiger partial charge in [-0.15, -0.1) is 0 Å². The largest absolute Gasteiger partial charge is 0.494 e. The third-order valence-corrected chi connectivity index (χ3v) is 4.93. The molecule has 0 aliphatic carbocycles. The van der Waals surface area contributed by atoms with E-state index in [1.807, 2.05) is 24.3 Å². The average molecular weight is 347 g/mol. The van der Waals surface area contributed by atoms with Crippen LogP contribution >= 0.6 is 0 Å². The topological polar surface area (TPSA) is 38.8 Å². The highest BCUT2D eigenvalue weighted by Gasteiger charge is 2.18. The van der Waals surface area contributed by atoms with Gasteiger partial charge in [-0.3, -0.25) is 4.79 Å². The van der Waals surface area contributed by atoms with Gasteiger partial charge < -0.3 is 14.4 Å². The maximum absolute atomic E-state index is 11.8. The molecule has 4 nitrogen and oxygen atoms in total. The van der Waals surface area contributed by atoms with Gasteiger partial charge in [-0.25, -0.2) is 0 Å². The number of hydrogen-bond acceptors (Lipinski definition) is 4. The Morgan fingerprint density at radius 3 is 2.60 bits per heavy atom. The monoisotopic (exact) mass is 347 g/mol. The first-order valence-electron chi connectivity index (χ1n) is 9.83. The number of esters is 1. The number of hydrogen-bond donors (Lipinski definition) is 0. The molecular formula is C21H33NO3. The van der Waals surface area contributed by atoms with Crippen LogP contribution < -0.4 is 9.47 Å². The van der Waals surface area contributed by atoms with Gasteiger partial charge in [-0.2, -0.15) is 0 Å². The Hall–Kier alpha value is -1.55. The van der Waals surface area contributed by atoms with E-state index in [1.165, 1.54) is 38.6 Å². The third kappa shape index (κ3) is 7.47. The van der Waals surface area contributed by atoms with Gasteiger partial charge in [0.25, 0.3) is 0 Å². The maximum atomic E-state index is 11.8. The molecule has 1 saturated heterocycles. The molecule has 2 rings (SSSR count). The predicted molar refractivity (Wildman–Crippen MR) is 101 cm³/mol. The molecular weight excluding hydrogens is 314 g/mol. The average Bonchev–Trinajstić information content (AvgIpc) is 2.62. The lowest BCUT2D eigenvalue weighted by Crippen LogP contribution is -2.37. The molecule has 0 radical (unpaired) electrons. The van der Waals surface area contributed by atoms with Gasteiger partial charge in [0.05, 0.1) is 6.61 Å². The Labute approximate surface area is 152 Å². The molecule has 4 heteroatoms. The summed E-state index contributed by atoms with van der Waals surface area (Å²) in [6.07, 6.45) is 9.81. The minimum Gasteiger partial charge on any atom is -0.494 e. The lowest BCUT2D eigenvalue weighted by molar-refractivity contribution is -0.134. The first kappa shape index (κ1) is 19.8. The van der Waals surface area contributed by atoms with Gasteiger partial charge in [0.15, 0.2) is 0 Å². The van der Waals surface area contributed by atoms with E-state index in [0.29, 0.717) is 18.2 Å². The predicted octanol–water partition coefficient (Wildman–Crippen LogP) is 4.82. The van der Waals surface area contributed by atoms with Crippen molar-refractivity contribution in [3.05, 3.63) is 24.3 Å². The van der Waals surface area contributed by atoms with Crippen molar-refractivity contribution in [3.8, 4) is 11.5 Å². The normalized spacial score (nSPS) is 18.1. The molecule has 0 amide bonds.